The number of carbonyl (C=O) groups excluding carboxylic acids is 6. The summed E-state index contributed by atoms with van der Waals surface area (Å²) in [4.78, 5) is 98.0. The van der Waals surface area contributed by atoms with Gasteiger partial charge in [0.05, 0.1) is 23.7 Å². The molecular formula is C59H70N6O8. The minimum absolute atomic E-state index is 0.0399. The van der Waals surface area contributed by atoms with E-state index in [9.17, 15) is 33.6 Å². The van der Waals surface area contributed by atoms with E-state index in [0.717, 1.165) is 93.7 Å². The number of carboxylic acids is 1. The highest BCUT2D eigenvalue weighted by atomic mass is 16.4. The van der Waals surface area contributed by atoms with Gasteiger partial charge in [0.1, 0.15) is 0 Å². The molecule has 4 aromatic carbocycles. The maximum absolute atomic E-state index is 14.2. The maximum atomic E-state index is 14.2. The van der Waals surface area contributed by atoms with E-state index >= 15 is 0 Å². The van der Waals surface area contributed by atoms with Crippen molar-refractivity contribution in [3.8, 4) is 0 Å². The summed E-state index contributed by atoms with van der Waals surface area (Å²) in [5.41, 5.74) is 4.10. The van der Waals surface area contributed by atoms with Crippen molar-refractivity contribution in [2.75, 3.05) is 32.7 Å². The predicted octanol–water partition coefficient (Wildman–Crippen LogP) is 7.18. The third-order valence-electron chi connectivity index (χ3n) is 15.8. The topological polar surface area (TPSA) is 194 Å². The first-order valence-electron chi connectivity index (χ1n) is 26.8. The van der Waals surface area contributed by atoms with Crippen molar-refractivity contribution in [3.63, 3.8) is 0 Å². The molecule has 5 fully saturated rings. The molecule has 6 amide bonds. The van der Waals surface area contributed by atoms with Gasteiger partial charge in [0.25, 0.3) is 11.8 Å². The molecule has 0 aromatic heterocycles. The number of carboxylic acid groups (broad SMARTS) is 1. The first-order chi connectivity index (χ1) is 35.5. The van der Waals surface area contributed by atoms with E-state index in [2.05, 4.69) is 57.7 Å². The monoisotopic (exact) mass is 991 g/mol. The van der Waals surface area contributed by atoms with E-state index < -0.39 is 29.6 Å². The fourth-order valence-electron chi connectivity index (χ4n) is 11.2. The highest BCUT2D eigenvalue weighted by molar-refractivity contribution is 6.00. The van der Waals surface area contributed by atoms with Crippen LogP contribution in [0.5, 0.6) is 0 Å². The molecule has 0 bridgehead atoms. The number of rotatable bonds is 24. The number of nitrogens with zero attached hydrogens (tertiary/aromatic N) is 2. The number of hydrogen-bond donors (Lipinski definition) is 5. The van der Waals surface area contributed by atoms with Gasteiger partial charge in [-0.15, -0.1) is 0 Å². The van der Waals surface area contributed by atoms with Gasteiger partial charge in [-0.2, -0.15) is 0 Å². The average molecular weight is 991 g/mol. The number of benzene rings is 4. The van der Waals surface area contributed by atoms with Crippen molar-refractivity contribution in [2.45, 2.75) is 119 Å². The zero-order valence-corrected chi connectivity index (χ0v) is 41.7. The van der Waals surface area contributed by atoms with E-state index in [4.69, 9.17) is 5.11 Å². The Kier molecular flexibility index (Phi) is 16.7. The molecule has 0 unspecified atom stereocenters. The first kappa shape index (κ1) is 51.1. The third kappa shape index (κ3) is 13.2. The molecule has 14 heteroatoms. The van der Waals surface area contributed by atoms with Crippen molar-refractivity contribution < 1.29 is 38.7 Å². The standard InChI is InChI=1S/C59H70N6O8/c66-53(67)25-17-6-4-2-1-3-5-7-18-30-60-54(68)46-34-64(35-47(46)55(69)61-50-31-43(50)38-19-11-8-12-20-38)58(72)41-26-28-42(29-27-41)59(73)65-36-48(56(70)62-51-32-44(51)39-21-13-9-14-22-39)49(37-65)57(71)63-52-33-45(52)40-23-15-10-16-24-40/h8-16,19-24,26-29,43-52H,1-7,17-18,25,30-37H2,(H,60,68)(H,61,69)(H,62,70)(H,63,71)(H,66,67)/t43-,44-,45-,46-,47-,48-,49-,50+,51+,52+/m1/s1. The zero-order chi connectivity index (χ0) is 50.8. The lowest BCUT2D eigenvalue weighted by atomic mass is 9.94. The van der Waals surface area contributed by atoms with Crippen molar-refractivity contribution in [2.24, 2.45) is 23.7 Å². The Hall–Kier alpha value is -6.83. The predicted molar refractivity (Wildman–Crippen MR) is 276 cm³/mol. The van der Waals surface area contributed by atoms with E-state index in [1.807, 2.05) is 54.6 Å². The van der Waals surface area contributed by atoms with Crippen LogP contribution >= 0.6 is 0 Å². The number of amides is 6. The molecule has 9 rings (SSSR count). The molecule has 5 aliphatic rings. The molecule has 5 N–H and O–H groups in total. The summed E-state index contributed by atoms with van der Waals surface area (Å²) in [6.45, 7) is 0.766. The Bertz CT molecular complexity index is 2500. The van der Waals surface area contributed by atoms with Gasteiger partial charge in [-0.1, -0.05) is 136 Å². The Morgan fingerprint density at radius 1 is 0.411 bits per heavy atom. The van der Waals surface area contributed by atoms with Crippen LogP contribution in [-0.2, 0) is 24.0 Å². The molecular weight excluding hydrogens is 921 g/mol. The van der Waals surface area contributed by atoms with Crippen LogP contribution in [0.15, 0.2) is 115 Å². The minimum atomic E-state index is -0.745. The summed E-state index contributed by atoms with van der Waals surface area (Å²) < 4.78 is 0. The van der Waals surface area contributed by atoms with E-state index in [1.165, 1.54) is 0 Å². The van der Waals surface area contributed by atoms with Crippen LogP contribution in [0.25, 0.3) is 0 Å². The summed E-state index contributed by atoms with van der Waals surface area (Å²) in [5, 5.41) is 21.4. The van der Waals surface area contributed by atoms with E-state index in [0.29, 0.717) is 17.7 Å². The summed E-state index contributed by atoms with van der Waals surface area (Å²) in [6.07, 6.45) is 11.4. The van der Waals surface area contributed by atoms with Crippen molar-refractivity contribution >= 4 is 41.4 Å². The zero-order valence-electron chi connectivity index (χ0n) is 41.7. The normalized spacial score (nSPS) is 25.6. The fraction of sp³-hybridized carbons (Fsp3) is 0.475. The largest absolute Gasteiger partial charge is 0.481 e. The molecule has 14 nitrogen and oxygen atoms in total. The highest BCUT2D eigenvalue weighted by Crippen LogP contribution is 2.43. The Balaban J connectivity index is 0.805. The Labute approximate surface area is 428 Å². The van der Waals surface area contributed by atoms with E-state index in [-0.39, 0.29) is 104 Å². The molecule has 0 radical (unpaired) electrons. The molecule has 3 saturated carbocycles. The van der Waals surface area contributed by atoms with Crippen LogP contribution in [0, 0.1) is 23.7 Å². The van der Waals surface area contributed by atoms with Gasteiger partial charge >= 0.3 is 5.97 Å². The van der Waals surface area contributed by atoms with Gasteiger partial charge in [0.15, 0.2) is 0 Å². The Morgan fingerprint density at radius 2 is 0.726 bits per heavy atom. The SMILES string of the molecule is O=C(O)CCCCCCCCCCCNC(=O)[C@@H]1CN(C(=O)c2ccc(C(=O)N3C[C@@H](C(=O)N[C@H]4C[C@@H]4c4ccccc4)[C@H](C(=O)N[C@H]4C[C@@H]4c4ccccc4)C3)cc2)C[C@H]1C(=O)N[C@H]1C[C@@H]1c1ccccc1. The number of carbonyl (C=O) groups is 7. The molecule has 2 saturated heterocycles. The summed E-state index contributed by atoms with van der Waals surface area (Å²) in [5.74, 6) is -4.75. The molecule has 0 spiro atoms. The third-order valence-corrected chi connectivity index (χ3v) is 15.8. The van der Waals surface area contributed by atoms with Crippen LogP contribution in [-0.4, -0.2) is 107 Å². The van der Waals surface area contributed by atoms with E-state index in [1.54, 1.807) is 34.1 Å². The number of unbranched alkanes of at least 4 members (excludes halogenated alkanes) is 8. The summed E-state index contributed by atoms with van der Waals surface area (Å²) in [7, 11) is 0. The lowest BCUT2D eigenvalue weighted by Gasteiger charge is -2.18. The smallest absolute Gasteiger partial charge is 0.303 e. The number of hydrogen-bond acceptors (Lipinski definition) is 7. The van der Waals surface area contributed by atoms with Crippen molar-refractivity contribution in [3.05, 3.63) is 143 Å². The van der Waals surface area contributed by atoms with Gasteiger partial charge in [-0.05, 0) is 73.1 Å². The molecule has 384 valence electrons. The second-order valence-corrected chi connectivity index (χ2v) is 21.1. The second kappa shape index (κ2) is 23.8. The van der Waals surface area contributed by atoms with Crippen LogP contribution < -0.4 is 21.3 Å². The number of likely N-dealkylation sites (tertiary alicyclic amines) is 2. The summed E-state index contributed by atoms with van der Waals surface area (Å²) >= 11 is 0. The average Bonchev–Trinajstić information content (AvgIpc) is 4.38. The minimum Gasteiger partial charge on any atom is -0.481 e. The van der Waals surface area contributed by atoms with Crippen LogP contribution in [0.3, 0.4) is 0 Å². The van der Waals surface area contributed by atoms with Gasteiger partial charge in [-0.25, -0.2) is 0 Å². The lowest BCUT2D eigenvalue weighted by molar-refractivity contribution is -0.137. The molecule has 3 aliphatic carbocycles. The summed E-state index contributed by atoms with van der Waals surface area (Å²) in [6, 6.07) is 36.3. The number of aliphatic carboxylic acids is 1. The number of nitrogens with one attached hydrogen (secondary N) is 4. The Morgan fingerprint density at radius 3 is 1.07 bits per heavy atom. The quantitative estimate of drug-likeness (QED) is 0.0456. The van der Waals surface area contributed by atoms with Gasteiger partial charge in [0.2, 0.25) is 23.6 Å². The van der Waals surface area contributed by atoms with Gasteiger partial charge < -0.3 is 36.2 Å². The van der Waals surface area contributed by atoms with Crippen LogP contribution in [0.4, 0.5) is 0 Å². The maximum Gasteiger partial charge on any atom is 0.303 e. The molecule has 2 heterocycles. The van der Waals surface area contributed by atoms with Crippen molar-refractivity contribution in [1.82, 2.24) is 31.1 Å². The molecule has 10 atom stereocenters. The van der Waals surface area contributed by atoms with Gasteiger partial charge in [-0.3, -0.25) is 33.6 Å². The van der Waals surface area contributed by atoms with Gasteiger partial charge in [0, 0.05) is 86.2 Å². The van der Waals surface area contributed by atoms with Crippen LogP contribution in [0.2, 0.25) is 0 Å². The molecule has 4 aromatic rings. The van der Waals surface area contributed by atoms with Crippen molar-refractivity contribution in [1.29, 1.82) is 0 Å². The first-order valence-corrected chi connectivity index (χ1v) is 26.8. The second-order valence-electron chi connectivity index (χ2n) is 21.1. The lowest BCUT2D eigenvalue weighted by Crippen LogP contribution is -2.43. The highest BCUT2D eigenvalue weighted by Gasteiger charge is 2.50. The molecule has 73 heavy (non-hydrogen) atoms. The fourth-order valence-corrected chi connectivity index (χ4v) is 11.2. The van der Waals surface area contributed by atoms with Crippen LogP contribution in [0.1, 0.15) is 139 Å². The molecule has 2 aliphatic heterocycles.